The number of hydrogen-bond donors (Lipinski definition) is 1. The molecule has 1 aliphatic rings. The second kappa shape index (κ2) is 9.31. The molecule has 0 aliphatic carbocycles. The molecule has 1 N–H and O–H groups in total. The molecule has 0 amide bonds. The van der Waals surface area contributed by atoms with Gasteiger partial charge in [0.1, 0.15) is 0 Å². The van der Waals surface area contributed by atoms with Gasteiger partial charge in [0.25, 0.3) is 0 Å². The Labute approximate surface area is 157 Å². The van der Waals surface area contributed by atoms with Gasteiger partial charge in [0.2, 0.25) is 0 Å². The maximum atomic E-state index is 9.46. The van der Waals surface area contributed by atoms with E-state index in [4.69, 9.17) is 0 Å². The lowest BCUT2D eigenvalue weighted by atomic mass is 10.1. The van der Waals surface area contributed by atoms with Gasteiger partial charge >= 0.3 is 0 Å². The largest absolute Gasteiger partial charge is 0.396 e. The molecule has 0 unspecified atom stereocenters. The molecule has 0 spiro atoms. The summed E-state index contributed by atoms with van der Waals surface area (Å²) < 4.78 is 1.94. The summed E-state index contributed by atoms with van der Waals surface area (Å²) in [6.07, 6.45) is 6.18. The maximum absolute atomic E-state index is 9.46. The first-order valence-corrected chi connectivity index (χ1v) is 9.82. The van der Waals surface area contributed by atoms with Crippen molar-refractivity contribution < 1.29 is 5.11 Å². The van der Waals surface area contributed by atoms with Gasteiger partial charge in [-0.15, -0.1) is 0 Å². The van der Waals surface area contributed by atoms with Gasteiger partial charge < -0.3 is 5.11 Å². The second-order valence-electron chi connectivity index (χ2n) is 7.75. The Morgan fingerprint density at radius 3 is 2.73 bits per heavy atom. The zero-order chi connectivity index (χ0) is 18.4. The van der Waals surface area contributed by atoms with E-state index in [1.54, 1.807) is 0 Å². The minimum absolute atomic E-state index is 0.266. The Morgan fingerprint density at radius 1 is 1.19 bits per heavy atom. The Hall–Kier alpha value is -1.69. The molecule has 1 aliphatic heterocycles. The fraction of sp³-hybridized carbons (Fsp3) is 0.571. The molecule has 1 fully saturated rings. The lowest BCUT2D eigenvalue weighted by molar-refractivity contribution is 0.0524. The summed E-state index contributed by atoms with van der Waals surface area (Å²) >= 11 is 0. The molecule has 0 saturated carbocycles. The number of aromatic nitrogens is 2. The average molecular weight is 357 g/mol. The van der Waals surface area contributed by atoms with Crippen molar-refractivity contribution in [3.8, 4) is 5.69 Å². The zero-order valence-corrected chi connectivity index (χ0v) is 16.1. The standard InChI is InChI=1S/C21H32N4O/c1-18(2)8-10-24-12-11-23(17-21(24)9-13-26)15-19-14-22-25(16-19)20-6-4-3-5-7-20/h3-7,14,16,18,21,26H,8-13,15,17H2,1-2H3/t21-/m0/s1. The van der Waals surface area contributed by atoms with Crippen molar-refractivity contribution in [1.29, 1.82) is 0 Å². The summed E-state index contributed by atoms with van der Waals surface area (Å²) in [5, 5.41) is 14.0. The van der Waals surface area contributed by atoms with Gasteiger partial charge in [-0.25, -0.2) is 4.68 Å². The predicted molar refractivity (Wildman–Crippen MR) is 105 cm³/mol. The van der Waals surface area contributed by atoms with Crippen molar-refractivity contribution in [3.63, 3.8) is 0 Å². The van der Waals surface area contributed by atoms with E-state index in [9.17, 15) is 5.11 Å². The normalized spacial score (nSPS) is 19.3. The zero-order valence-electron chi connectivity index (χ0n) is 16.1. The van der Waals surface area contributed by atoms with Gasteiger partial charge in [-0.2, -0.15) is 5.10 Å². The van der Waals surface area contributed by atoms with E-state index in [0.29, 0.717) is 6.04 Å². The van der Waals surface area contributed by atoms with Gasteiger partial charge in [0.05, 0.1) is 11.9 Å². The third-order valence-corrected chi connectivity index (χ3v) is 5.21. The van der Waals surface area contributed by atoms with Crippen LogP contribution in [-0.2, 0) is 6.54 Å². The van der Waals surface area contributed by atoms with Gasteiger partial charge in [-0.1, -0.05) is 32.0 Å². The number of aliphatic hydroxyl groups is 1. The summed E-state index contributed by atoms with van der Waals surface area (Å²) in [4.78, 5) is 5.07. The van der Waals surface area contributed by atoms with E-state index in [1.807, 2.05) is 29.1 Å². The van der Waals surface area contributed by atoms with Crippen LogP contribution in [0.25, 0.3) is 5.69 Å². The van der Waals surface area contributed by atoms with Crippen molar-refractivity contribution in [1.82, 2.24) is 19.6 Å². The molecule has 142 valence electrons. The Balaban J connectivity index is 1.58. The molecule has 1 aromatic heterocycles. The Morgan fingerprint density at radius 2 is 2.00 bits per heavy atom. The molecule has 3 rings (SSSR count). The Bertz CT molecular complexity index is 655. The fourth-order valence-corrected chi connectivity index (χ4v) is 3.66. The van der Waals surface area contributed by atoms with Gasteiger partial charge in [-0.05, 0) is 37.4 Å². The van der Waals surface area contributed by atoms with Crippen molar-refractivity contribution in [2.75, 3.05) is 32.8 Å². The van der Waals surface area contributed by atoms with Crippen LogP contribution in [0.4, 0.5) is 0 Å². The summed E-state index contributed by atoms with van der Waals surface area (Å²) in [5.74, 6) is 0.728. The van der Waals surface area contributed by atoms with Gasteiger partial charge in [-0.3, -0.25) is 9.80 Å². The third kappa shape index (κ3) is 5.16. The Kier molecular flexibility index (Phi) is 6.83. The fourth-order valence-electron chi connectivity index (χ4n) is 3.66. The van der Waals surface area contributed by atoms with E-state index in [-0.39, 0.29) is 6.61 Å². The minimum Gasteiger partial charge on any atom is -0.396 e. The number of piperazine rings is 1. The summed E-state index contributed by atoms with van der Waals surface area (Å²) in [7, 11) is 0. The molecule has 2 heterocycles. The lowest BCUT2D eigenvalue weighted by Gasteiger charge is -2.41. The first-order valence-electron chi connectivity index (χ1n) is 9.82. The lowest BCUT2D eigenvalue weighted by Crippen LogP contribution is -2.53. The van der Waals surface area contributed by atoms with E-state index < -0.39 is 0 Å². The molecule has 2 aromatic rings. The number of rotatable bonds is 8. The van der Waals surface area contributed by atoms with Gasteiger partial charge in [0.15, 0.2) is 0 Å². The topological polar surface area (TPSA) is 44.5 Å². The van der Waals surface area contributed by atoms with Crippen molar-refractivity contribution in [3.05, 3.63) is 48.3 Å². The molecule has 1 aromatic carbocycles. The summed E-state index contributed by atoms with van der Waals surface area (Å²) in [5.41, 5.74) is 2.34. The highest BCUT2D eigenvalue weighted by Crippen LogP contribution is 2.17. The molecule has 1 atom stereocenters. The molecule has 0 radical (unpaired) electrons. The number of para-hydroxylation sites is 1. The number of aliphatic hydroxyl groups excluding tert-OH is 1. The summed E-state index contributed by atoms with van der Waals surface area (Å²) in [6, 6.07) is 10.7. The van der Waals surface area contributed by atoms with Gasteiger partial charge in [0, 0.05) is 50.6 Å². The maximum Gasteiger partial charge on any atom is 0.0645 e. The van der Waals surface area contributed by atoms with Crippen LogP contribution in [0.5, 0.6) is 0 Å². The monoisotopic (exact) mass is 356 g/mol. The van der Waals surface area contributed by atoms with E-state index in [2.05, 4.69) is 47.1 Å². The van der Waals surface area contributed by atoms with Crippen molar-refractivity contribution >= 4 is 0 Å². The first kappa shape index (κ1) is 19.1. The van der Waals surface area contributed by atoms with E-state index >= 15 is 0 Å². The smallest absolute Gasteiger partial charge is 0.0645 e. The SMILES string of the molecule is CC(C)CCN1CCN(Cc2cnn(-c3ccccc3)c2)C[C@@H]1CCO. The molecular weight excluding hydrogens is 324 g/mol. The van der Waals surface area contributed by atoms with Crippen LogP contribution in [0.15, 0.2) is 42.7 Å². The highest BCUT2D eigenvalue weighted by atomic mass is 16.3. The molecule has 1 saturated heterocycles. The van der Waals surface area contributed by atoms with Crippen LogP contribution < -0.4 is 0 Å². The molecule has 0 bridgehead atoms. The van der Waals surface area contributed by atoms with Crippen molar-refractivity contribution in [2.45, 2.75) is 39.3 Å². The average Bonchev–Trinajstić information content (AvgIpc) is 3.10. The van der Waals surface area contributed by atoms with Crippen LogP contribution in [0, 0.1) is 5.92 Å². The van der Waals surface area contributed by atoms with Crippen LogP contribution >= 0.6 is 0 Å². The third-order valence-electron chi connectivity index (χ3n) is 5.21. The first-order chi connectivity index (χ1) is 12.7. The number of hydrogen-bond acceptors (Lipinski definition) is 4. The molecule has 26 heavy (non-hydrogen) atoms. The number of benzene rings is 1. The highest BCUT2D eigenvalue weighted by molar-refractivity contribution is 5.30. The van der Waals surface area contributed by atoms with Crippen LogP contribution in [-0.4, -0.2) is 63.5 Å². The van der Waals surface area contributed by atoms with E-state index in [1.165, 1.54) is 12.0 Å². The minimum atomic E-state index is 0.266. The van der Waals surface area contributed by atoms with Crippen molar-refractivity contribution in [2.24, 2.45) is 5.92 Å². The van der Waals surface area contributed by atoms with Crippen LogP contribution in [0.2, 0.25) is 0 Å². The van der Waals surface area contributed by atoms with Crippen LogP contribution in [0.3, 0.4) is 0 Å². The molecular formula is C21H32N4O. The molecule has 5 nitrogen and oxygen atoms in total. The van der Waals surface area contributed by atoms with Crippen LogP contribution in [0.1, 0.15) is 32.3 Å². The molecule has 5 heteroatoms. The predicted octanol–water partition coefficient (Wildman–Crippen LogP) is 2.79. The van der Waals surface area contributed by atoms with E-state index in [0.717, 1.165) is 50.7 Å². The number of nitrogens with zero attached hydrogens (tertiary/aromatic N) is 4. The second-order valence-corrected chi connectivity index (χ2v) is 7.75. The highest BCUT2D eigenvalue weighted by Gasteiger charge is 2.26. The quantitative estimate of drug-likeness (QED) is 0.790. The summed E-state index contributed by atoms with van der Waals surface area (Å²) in [6.45, 7) is 10.1.